The fourth-order valence-electron chi connectivity index (χ4n) is 2.58. The number of hydrogen-bond donors (Lipinski definition) is 0. The van der Waals surface area contributed by atoms with Crippen molar-refractivity contribution in [3.8, 4) is 11.5 Å². The first-order valence-electron chi connectivity index (χ1n) is 8.50. The zero-order valence-corrected chi connectivity index (χ0v) is 16.5. The molecule has 0 atom stereocenters. The Hall–Kier alpha value is -2.50. The Morgan fingerprint density at radius 2 is 1.85 bits per heavy atom. The average molecular weight is 390 g/mol. The Balaban J connectivity index is 2.17. The number of methoxy groups -OCH3 is 3. The normalized spacial score (nSPS) is 10.8. The van der Waals surface area contributed by atoms with Crippen LogP contribution < -0.4 is 9.47 Å². The monoisotopic (exact) mass is 389 g/mol. The molecule has 0 aliphatic heterocycles. The van der Waals surface area contributed by atoms with E-state index >= 15 is 0 Å². The van der Waals surface area contributed by atoms with Gasteiger partial charge in [-0.3, -0.25) is 4.79 Å². The number of hydrogen-bond acceptors (Lipinski definition) is 4. The van der Waals surface area contributed by atoms with Crippen molar-refractivity contribution in [2.24, 2.45) is 0 Å². The Labute approximate surface area is 165 Å². The summed E-state index contributed by atoms with van der Waals surface area (Å²) in [6, 6.07) is 13.3. The SMILES string of the molecule is COCCN(Cc1ccccc1)C(=O)/C=C/c1cc(Cl)c(OC)c(OC)c1. The lowest BCUT2D eigenvalue weighted by atomic mass is 10.1. The van der Waals surface area contributed by atoms with Gasteiger partial charge < -0.3 is 19.1 Å². The van der Waals surface area contributed by atoms with Gasteiger partial charge in [0.1, 0.15) is 0 Å². The predicted molar refractivity (Wildman–Crippen MR) is 107 cm³/mol. The van der Waals surface area contributed by atoms with Crippen molar-refractivity contribution in [2.75, 3.05) is 34.5 Å². The van der Waals surface area contributed by atoms with E-state index in [0.29, 0.717) is 36.2 Å². The quantitative estimate of drug-likeness (QED) is 0.607. The van der Waals surface area contributed by atoms with Gasteiger partial charge in [0.05, 0.1) is 25.8 Å². The maximum absolute atomic E-state index is 12.7. The van der Waals surface area contributed by atoms with Gasteiger partial charge in [0, 0.05) is 26.3 Å². The number of ether oxygens (including phenoxy) is 3. The molecular formula is C21H24ClNO4. The standard InChI is InChI=1S/C21H24ClNO4/c1-25-12-11-23(15-16-7-5-4-6-8-16)20(24)10-9-17-13-18(22)21(27-3)19(14-17)26-2/h4-10,13-14H,11-12,15H2,1-3H3/b10-9+. The van der Waals surface area contributed by atoms with Crippen LogP contribution >= 0.6 is 11.6 Å². The van der Waals surface area contributed by atoms with Crippen LogP contribution in [0.4, 0.5) is 0 Å². The van der Waals surface area contributed by atoms with Crippen molar-refractivity contribution in [3.05, 3.63) is 64.7 Å². The Bertz CT molecular complexity index is 777. The lowest BCUT2D eigenvalue weighted by molar-refractivity contribution is -0.127. The third-order valence-corrected chi connectivity index (χ3v) is 4.25. The zero-order chi connectivity index (χ0) is 19.6. The number of carbonyl (C=O) groups excluding carboxylic acids is 1. The van der Waals surface area contributed by atoms with Gasteiger partial charge in [0.25, 0.3) is 0 Å². The largest absolute Gasteiger partial charge is 0.493 e. The molecule has 2 aromatic carbocycles. The second-order valence-electron chi connectivity index (χ2n) is 5.81. The highest BCUT2D eigenvalue weighted by Crippen LogP contribution is 2.36. The summed E-state index contributed by atoms with van der Waals surface area (Å²) in [6.45, 7) is 1.48. The molecule has 0 saturated carbocycles. The van der Waals surface area contributed by atoms with Crippen molar-refractivity contribution in [3.63, 3.8) is 0 Å². The number of carbonyl (C=O) groups is 1. The summed E-state index contributed by atoms with van der Waals surface area (Å²) >= 11 is 6.22. The number of nitrogens with zero attached hydrogens (tertiary/aromatic N) is 1. The van der Waals surface area contributed by atoms with E-state index < -0.39 is 0 Å². The molecule has 0 bridgehead atoms. The molecule has 0 aliphatic rings. The molecule has 0 unspecified atom stereocenters. The summed E-state index contributed by atoms with van der Waals surface area (Å²) in [7, 11) is 4.69. The molecule has 0 saturated heterocycles. The van der Waals surface area contributed by atoms with Crippen molar-refractivity contribution in [2.45, 2.75) is 6.54 Å². The Morgan fingerprint density at radius 3 is 2.48 bits per heavy atom. The van der Waals surface area contributed by atoms with Gasteiger partial charge in [-0.25, -0.2) is 0 Å². The van der Waals surface area contributed by atoms with E-state index in [4.69, 9.17) is 25.8 Å². The highest BCUT2D eigenvalue weighted by Gasteiger charge is 2.13. The lowest BCUT2D eigenvalue weighted by Gasteiger charge is -2.21. The maximum atomic E-state index is 12.7. The number of rotatable bonds is 9. The van der Waals surface area contributed by atoms with E-state index in [1.165, 1.54) is 13.2 Å². The van der Waals surface area contributed by atoms with E-state index in [-0.39, 0.29) is 5.91 Å². The van der Waals surface area contributed by atoms with Crippen LogP contribution in [-0.4, -0.2) is 45.3 Å². The fourth-order valence-corrected chi connectivity index (χ4v) is 2.88. The Morgan fingerprint density at radius 1 is 1.11 bits per heavy atom. The second-order valence-corrected chi connectivity index (χ2v) is 6.22. The molecule has 0 heterocycles. The molecular weight excluding hydrogens is 366 g/mol. The van der Waals surface area contributed by atoms with Gasteiger partial charge in [-0.05, 0) is 29.3 Å². The van der Waals surface area contributed by atoms with Crippen LogP contribution in [-0.2, 0) is 16.1 Å². The summed E-state index contributed by atoms with van der Waals surface area (Å²) in [4.78, 5) is 14.4. The third kappa shape index (κ3) is 6.01. The van der Waals surface area contributed by atoms with Gasteiger partial charge in [0.2, 0.25) is 5.91 Å². The third-order valence-electron chi connectivity index (χ3n) is 3.97. The highest BCUT2D eigenvalue weighted by molar-refractivity contribution is 6.32. The molecule has 6 heteroatoms. The molecule has 0 fully saturated rings. The van der Waals surface area contributed by atoms with Crippen LogP contribution in [0.5, 0.6) is 11.5 Å². The van der Waals surface area contributed by atoms with Gasteiger partial charge in [-0.15, -0.1) is 0 Å². The number of benzene rings is 2. The van der Waals surface area contributed by atoms with Crippen LogP contribution in [0.25, 0.3) is 6.08 Å². The first kappa shape index (κ1) is 20.8. The average Bonchev–Trinajstić information content (AvgIpc) is 2.69. The zero-order valence-electron chi connectivity index (χ0n) is 15.8. The first-order valence-corrected chi connectivity index (χ1v) is 8.88. The van der Waals surface area contributed by atoms with Gasteiger partial charge in [-0.1, -0.05) is 41.9 Å². The minimum absolute atomic E-state index is 0.109. The molecule has 1 amide bonds. The van der Waals surface area contributed by atoms with E-state index in [2.05, 4.69) is 0 Å². The smallest absolute Gasteiger partial charge is 0.246 e. The van der Waals surface area contributed by atoms with Crippen LogP contribution in [0.1, 0.15) is 11.1 Å². The minimum atomic E-state index is -0.109. The summed E-state index contributed by atoms with van der Waals surface area (Å²) in [6.07, 6.45) is 3.23. The van der Waals surface area contributed by atoms with Crippen LogP contribution in [0, 0.1) is 0 Å². The summed E-state index contributed by atoms with van der Waals surface area (Å²) in [5.41, 5.74) is 1.81. The minimum Gasteiger partial charge on any atom is -0.493 e. The molecule has 2 rings (SSSR count). The van der Waals surface area contributed by atoms with E-state index in [0.717, 1.165) is 11.1 Å². The predicted octanol–water partition coefficient (Wildman–Crippen LogP) is 4.05. The van der Waals surface area contributed by atoms with Crippen molar-refractivity contribution in [1.29, 1.82) is 0 Å². The van der Waals surface area contributed by atoms with Crippen molar-refractivity contribution >= 4 is 23.6 Å². The second kappa shape index (κ2) is 10.6. The maximum Gasteiger partial charge on any atom is 0.246 e. The van der Waals surface area contributed by atoms with Crippen molar-refractivity contribution < 1.29 is 19.0 Å². The van der Waals surface area contributed by atoms with Crippen LogP contribution in [0.2, 0.25) is 5.02 Å². The molecule has 0 spiro atoms. The number of halogens is 1. The molecule has 27 heavy (non-hydrogen) atoms. The molecule has 144 valence electrons. The fraction of sp³-hybridized carbons (Fsp3) is 0.286. The molecule has 5 nitrogen and oxygen atoms in total. The van der Waals surface area contributed by atoms with Crippen molar-refractivity contribution in [1.82, 2.24) is 4.90 Å². The summed E-state index contributed by atoms with van der Waals surface area (Å²) in [5, 5.41) is 0.421. The molecule has 0 aromatic heterocycles. The van der Waals surface area contributed by atoms with Gasteiger partial charge in [-0.2, -0.15) is 0 Å². The highest BCUT2D eigenvalue weighted by atomic mass is 35.5. The van der Waals surface area contributed by atoms with Gasteiger partial charge in [0.15, 0.2) is 11.5 Å². The molecule has 0 radical (unpaired) electrons. The molecule has 0 aliphatic carbocycles. The first-order chi connectivity index (χ1) is 13.1. The van der Waals surface area contributed by atoms with E-state index in [1.54, 1.807) is 37.3 Å². The number of amides is 1. The summed E-state index contributed by atoms with van der Waals surface area (Å²) in [5.74, 6) is 0.868. The Kier molecular flexibility index (Phi) is 8.17. The van der Waals surface area contributed by atoms with E-state index in [1.807, 2.05) is 30.3 Å². The van der Waals surface area contributed by atoms with E-state index in [9.17, 15) is 4.79 Å². The molecule has 2 aromatic rings. The van der Waals surface area contributed by atoms with Crippen LogP contribution in [0.3, 0.4) is 0 Å². The summed E-state index contributed by atoms with van der Waals surface area (Å²) < 4.78 is 15.6. The topological polar surface area (TPSA) is 48.0 Å². The van der Waals surface area contributed by atoms with Gasteiger partial charge >= 0.3 is 0 Å². The van der Waals surface area contributed by atoms with Crippen LogP contribution in [0.15, 0.2) is 48.5 Å². The lowest BCUT2D eigenvalue weighted by Crippen LogP contribution is -2.32. The molecule has 0 N–H and O–H groups in total.